The van der Waals surface area contributed by atoms with Crippen LogP contribution in [0.2, 0.25) is 0 Å². The molecule has 0 unspecified atom stereocenters. The second kappa shape index (κ2) is 12.5. The zero-order valence-electron chi connectivity index (χ0n) is 16.8. The molecule has 0 aromatic heterocycles. The second-order valence-corrected chi connectivity index (χ2v) is 7.19. The van der Waals surface area contributed by atoms with Crippen molar-refractivity contribution in [2.45, 2.75) is 45.3 Å². The van der Waals surface area contributed by atoms with Crippen molar-refractivity contribution in [1.82, 2.24) is 20.4 Å². The molecule has 0 radical (unpaired) electrons. The zero-order chi connectivity index (χ0) is 18.1. The monoisotopic (exact) mass is 473 g/mol. The molecule has 148 valence electrons. The normalized spacial score (nSPS) is 16.4. The molecule has 0 amide bonds. The number of hydrogen-bond donors (Lipinski definition) is 2. The molecule has 1 aromatic carbocycles. The summed E-state index contributed by atoms with van der Waals surface area (Å²) in [7, 11) is 6.07. The van der Waals surface area contributed by atoms with E-state index >= 15 is 0 Å². The van der Waals surface area contributed by atoms with Crippen LogP contribution in [0.25, 0.3) is 0 Å². The van der Waals surface area contributed by atoms with Gasteiger partial charge in [0.15, 0.2) is 5.96 Å². The van der Waals surface area contributed by atoms with Crippen molar-refractivity contribution < 1.29 is 0 Å². The van der Waals surface area contributed by atoms with E-state index in [1.54, 1.807) is 0 Å². The van der Waals surface area contributed by atoms with Gasteiger partial charge in [-0.1, -0.05) is 31.2 Å². The fraction of sp³-hybridized carbons (Fsp3) is 0.650. The van der Waals surface area contributed by atoms with E-state index < -0.39 is 0 Å². The molecule has 2 N–H and O–H groups in total. The molecule has 1 saturated heterocycles. The lowest BCUT2D eigenvalue weighted by molar-refractivity contribution is 0.206. The molecule has 0 atom stereocenters. The van der Waals surface area contributed by atoms with Crippen molar-refractivity contribution in [3.63, 3.8) is 0 Å². The number of likely N-dealkylation sites (tertiary alicyclic amines) is 1. The molecule has 1 aromatic rings. The molecule has 1 heterocycles. The van der Waals surface area contributed by atoms with Crippen molar-refractivity contribution >= 4 is 29.9 Å². The Balaban J connectivity index is 0.00000338. The lowest BCUT2D eigenvalue weighted by atomic mass is 10.1. The lowest BCUT2D eigenvalue weighted by Gasteiger charge is -2.32. The van der Waals surface area contributed by atoms with Gasteiger partial charge >= 0.3 is 0 Å². The maximum Gasteiger partial charge on any atom is 0.191 e. The molecule has 0 saturated carbocycles. The number of halogens is 1. The van der Waals surface area contributed by atoms with Crippen LogP contribution in [0.3, 0.4) is 0 Å². The van der Waals surface area contributed by atoms with Crippen molar-refractivity contribution in [1.29, 1.82) is 0 Å². The summed E-state index contributed by atoms with van der Waals surface area (Å²) in [6.45, 7) is 7.62. The van der Waals surface area contributed by atoms with E-state index in [0.717, 1.165) is 19.0 Å². The number of nitrogens with zero attached hydrogens (tertiary/aromatic N) is 3. The number of aliphatic imine (C=N–C) groups is 1. The summed E-state index contributed by atoms with van der Waals surface area (Å²) in [5.41, 5.74) is 2.69. The first-order valence-corrected chi connectivity index (χ1v) is 9.53. The van der Waals surface area contributed by atoms with E-state index in [0.29, 0.717) is 6.04 Å². The van der Waals surface area contributed by atoms with Crippen molar-refractivity contribution in [2.75, 3.05) is 40.8 Å². The number of nitrogens with one attached hydrogen (secondary N) is 2. The third-order valence-electron chi connectivity index (χ3n) is 4.74. The summed E-state index contributed by atoms with van der Waals surface area (Å²) >= 11 is 0. The van der Waals surface area contributed by atoms with Crippen LogP contribution in [0.4, 0.5) is 0 Å². The van der Waals surface area contributed by atoms with Gasteiger partial charge in [0, 0.05) is 39.3 Å². The van der Waals surface area contributed by atoms with Gasteiger partial charge in [-0.3, -0.25) is 4.99 Å². The van der Waals surface area contributed by atoms with Gasteiger partial charge in [-0.25, -0.2) is 0 Å². The molecule has 1 fully saturated rings. The summed E-state index contributed by atoms with van der Waals surface area (Å²) in [5, 5.41) is 7.09. The smallest absolute Gasteiger partial charge is 0.191 e. The maximum atomic E-state index is 4.41. The minimum Gasteiger partial charge on any atom is -0.354 e. The summed E-state index contributed by atoms with van der Waals surface area (Å²) in [5.74, 6) is 0.911. The number of benzene rings is 1. The quantitative estimate of drug-likeness (QED) is 0.363. The largest absolute Gasteiger partial charge is 0.354 e. The van der Waals surface area contributed by atoms with Gasteiger partial charge in [-0.05, 0) is 51.0 Å². The Morgan fingerprint density at radius 1 is 1.19 bits per heavy atom. The fourth-order valence-corrected chi connectivity index (χ4v) is 3.41. The number of hydrogen-bond acceptors (Lipinski definition) is 3. The topological polar surface area (TPSA) is 42.9 Å². The van der Waals surface area contributed by atoms with Crippen molar-refractivity contribution in [2.24, 2.45) is 4.99 Å². The van der Waals surface area contributed by atoms with E-state index in [1.807, 2.05) is 7.05 Å². The van der Waals surface area contributed by atoms with E-state index in [9.17, 15) is 0 Å². The molecule has 1 aliphatic heterocycles. The predicted octanol–water partition coefficient (Wildman–Crippen LogP) is 2.91. The Morgan fingerprint density at radius 2 is 1.85 bits per heavy atom. The van der Waals surface area contributed by atoms with Gasteiger partial charge < -0.3 is 20.4 Å². The summed E-state index contributed by atoms with van der Waals surface area (Å²) in [6.07, 6.45) is 3.63. The Morgan fingerprint density at radius 3 is 2.42 bits per heavy atom. The van der Waals surface area contributed by atoms with Crippen LogP contribution >= 0.6 is 24.0 Å². The van der Waals surface area contributed by atoms with Gasteiger partial charge in [0.2, 0.25) is 0 Å². The highest BCUT2D eigenvalue weighted by molar-refractivity contribution is 14.0. The van der Waals surface area contributed by atoms with Crippen LogP contribution in [0.5, 0.6) is 0 Å². The lowest BCUT2D eigenvalue weighted by Crippen LogP contribution is -2.48. The molecule has 6 heteroatoms. The van der Waals surface area contributed by atoms with Gasteiger partial charge in [-0.15, -0.1) is 24.0 Å². The minimum atomic E-state index is 0. The van der Waals surface area contributed by atoms with Gasteiger partial charge in [0.25, 0.3) is 0 Å². The van der Waals surface area contributed by atoms with Crippen molar-refractivity contribution in [3.8, 4) is 0 Å². The first-order valence-electron chi connectivity index (χ1n) is 9.53. The van der Waals surface area contributed by atoms with Gasteiger partial charge in [0.1, 0.15) is 0 Å². The highest BCUT2D eigenvalue weighted by atomic mass is 127. The highest BCUT2D eigenvalue weighted by Gasteiger charge is 2.19. The maximum absolute atomic E-state index is 4.41. The standard InChI is InChI=1S/C20H35N5.HI/c1-5-12-25-13-10-19(11-14-25)23-20(21-2)22-15-17-8-6-7-9-18(17)16-24(3)4;/h6-9,19H,5,10-16H2,1-4H3,(H2,21,22,23);1H. The van der Waals surface area contributed by atoms with Crippen LogP contribution in [0.15, 0.2) is 29.3 Å². The second-order valence-electron chi connectivity index (χ2n) is 7.19. The molecule has 0 aliphatic carbocycles. The van der Waals surface area contributed by atoms with E-state index in [1.165, 1.54) is 50.0 Å². The molecule has 0 bridgehead atoms. The SMILES string of the molecule is CCCN1CCC(NC(=NC)NCc2ccccc2CN(C)C)CC1.I. The Hall–Kier alpha value is -0.860. The highest BCUT2D eigenvalue weighted by Crippen LogP contribution is 2.12. The van der Waals surface area contributed by atoms with Gasteiger partial charge in [0.05, 0.1) is 0 Å². The zero-order valence-corrected chi connectivity index (χ0v) is 19.1. The number of guanidine groups is 1. The van der Waals surface area contributed by atoms with Crippen LogP contribution in [0.1, 0.15) is 37.3 Å². The fourth-order valence-electron chi connectivity index (χ4n) is 3.41. The van der Waals surface area contributed by atoms with Gasteiger partial charge in [-0.2, -0.15) is 0 Å². The van der Waals surface area contributed by atoms with Crippen LogP contribution in [0, 0.1) is 0 Å². The number of rotatable bonds is 7. The Bertz CT molecular complexity index is 539. The molecule has 5 nitrogen and oxygen atoms in total. The molecular formula is C20H36IN5. The van der Waals surface area contributed by atoms with E-state index in [2.05, 4.69) is 70.7 Å². The summed E-state index contributed by atoms with van der Waals surface area (Å²) in [4.78, 5) is 9.18. The Labute approximate surface area is 176 Å². The Kier molecular flexibility index (Phi) is 11.2. The van der Waals surface area contributed by atoms with Crippen LogP contribution in [-0.4, -0.2) is 62.6 Å². The summed E-state index contributed by atoms with van der Waals surface area (Å²) in [6, 6.07) is 9.14. The molecule has 26 heavy (non-hydrogen) atoms. The van der Waals surface area contributed by atoms with E-state index in [-0.39, 0.29) is 24.0 Å². The van der Waals surface area contributed by atoms with Crippen molar-refractivity contribution in [3.05, 3.63) is 35.4 Å². The molecule has 0 spiro atoms. The molecular weight excluding hydrogens is 437 g/mol. The number of piperidine rings is 1. The average Bonchev–Trinajstić information content (AvgIpc) is 2.61. The van der Waals surface area contributed by atoms with Crippen LogP contribution in [-0.2, 0) is 13.1 Å². The first-order chi connectivity index (χ1) is 12.1. The third-order valence-corrected chi connectivity index (χ3v) is 4.74. The predicted molar refractivity (Wildman–Crippen MR) is 122 cm³/mol. The first kappa shape index (κ1) is 23.2. The average molecular weight is 473 g/mol. The van der Waals surface area contributed by atoms with E-state index in [4.69, 9.17) is 0 Å². The van der Waals surface area contributed by atoms with Crippen LogP contribution < -0.4 is 10.6 Å². The molecule has 2 rings (SSSR count). The minimum absolute atomic E-state index is 0. The summed E-state index contributed by atoms with van der Waals surface area (Å²) < 4.78 is 0. The molecule has 1 aliphatic rings. The third kappa shape index (κ3) is 7.80.